The number of benzene rings is 1. The van der Waals surface area contributed by atoms with Crippen LogP contribution < -0.4 is 5.32 Å². The van der Waals surface area contributed by atoms with Gasteiger partial charge >= 0.3 is 0 Å². The number of hydrogen-bond donors (Lipinski definition) is 2. The molecule has 1 aromatic carbocycles. The maximum absolute atomic E-state index is 13.6. The maximum Gasteiger partial charge on any atom is 0.264 e. The molecule has 0 fully saturated rings. The van der Waals surface area contributed by atoms with E-state index in [2.05, 4.69) is 15.5 Å². The van der Waals surface area contributed by atoms with E-state index < -0.39 is 25.7 Å². The zero-order chi connectivity index (χ0) is 14.9. The van der Waals surface area contributed by atoms with Crippen LogP contribution in [-0.2, 0) is 9.05 Å². The van der Waals surface area contributed by atoms with Gasteiger partial charge in [0.05, 0.1) is 11.8 Å². The third-order valence-electron chi connectivity index (χ3n) is 2.53. The average molecular weight is 318 g/mol. The molecule has 2 aromatic rings. The summed E-state index contributed by atoms with van der Waals surface area (Å²) in [5, 5.41) is 8.71. The number of nitrogens with zero attached hydrogens (tertiary/aromatic N) is 1. The van der Waals surface area contributed by atoms with Gasteiger partial charge in [0.25, 0.3) is 15.0 Å². The minimum absolute atomic E-state index is 0.108. The molecule has 0 aliphatic rings. The van der Waals surface area contributed by atoms with Gasteiger partial charge in [0.1, 0.15) is 10.7 Å². The van der Waals surface area contributed by atoms with Crippen LogP contribution in [0, 0.1) is 12.7 Å². The second-order valence-corrected chi connectivity index (χ2v) is 6.48. The molecule has 1 amide bonds. The first-order valence-corrected chi connectivity index (χ1v) is 7.65. The largest absolute Gasteiger partial charge is 0.322 e. The molecule has 0 radical (unpaired) electrons. The van der Waals surface area contributed by atoms with Crippen LogP contribution in [0.4, 0.5) is 10.1 Å². The first kappa shape index (κ1) is 14.5. The molecule has 20 heavy (non-hydrogen) atoms. The van der Waals surface area contributed by atoms with Crippen molar-refractivity contribution in [3.05, 3.63) is 41.5 Å². The number of H-pyrrole nitrogens is 1. The van der Waals surface area contributed by atoms with E-state index in [-0.39, 0.29) is 5.69 Å². The molecule has 6 nitrogen and oxygen atoms in total. The van der Waals surface area contributed by atoms with E-state index in [9.17, 15) is 17.6 Å². The lowest BCUT2D eigenvalue weighted by Gasteiger charge is -2.06. The Morgan fingerprint density at radius 1 is 1.45 bits per heavy atom. The molecule has 2 N–H and O–H groups in total. The maximum atomic E-state index is 13.6. The second kappa shape index (κ2) is 5.22. The molecule has 0 aliphatic heterocycles. The normalized spacial score (nSPS) is 11.3. The second-order valence-electron chi connectivity index (χ2n) is 3.95. The van der Waals surface area contributed by atoms with Gasteiger partial charge in [-0.25, -0.2) is 12.8 Å². The molecule has 0 atom stereocenters. The Labute approximate surface area is 118 Å². The molecule has 0 unspecified atom stereocenters. The summed E-state index contributed by atoms with van der Waals surface area (Å²) in [6.45, 7) is 1.66. The lowest BCUT2D eigenvalue weighted by Crippen LogP contribution is -2.12. The monoisotopic (exact) mass is 317 g/mol. The molecule has 0 saturated heterocycles. The van der Waals surface area contributed by atoms with Gasteiger partial charge in [-0.05, 0) is 25.1 Å². The van der Waals surface area contributed by atoms with Crippen molar-refractivity contribution in [1.82, 2.24) is 10.2 Å². The molecule has 0 bridgehead atoms. The van der Waals surface area contributed by atoms with Gasteiger partial charge in [-0.2, -0.15) is 5.10 Å². The van der Waals surface area contributed by atoms with Crippen LogP contribution in [0.25, 0.3) is 0 Å². The average Bonchev–Trinajstić information content (AvgIpc) is 2.73. The minimum atomic E-state index is -4.16. The molecule has 1 heterocycles. The van der Waals surface area contributed by atoms with Gasteiger partial charge in [-0.3, -0.25) is 9.89 Å². The van der Waals surface area contributed by atoms with E-state index in [1.54, 1.807) is 6.92 Å². The summed E-state index contributed by atoms with van der Waals surface area (Å²) in [4.78, 5) is 11.2. The highest BCUT2D eigenvalue weighted by Gasteiger charge is 2.17. The van der Waals surface area contributed by atoms with E-state index in [4.69, 9.17) is 10.7 Å². The fourth-order valence-electron chi connectivity index (χ4n) is 1.55. The number of carbonyl (C=O) groups is 1. The van der Waals surface area contributed by atoms with E-state index in [0.29, 0.717) is 11.3 Å². The molecule has 0 spiro atoms. The van der Waals surface area contributed by atoms with Crippen molar-refractivity contribution >= 4 is 31.3 Å². The van der Waals surface area contributed by atoms with Gasteiger partial charge in [-0.1, -0.05) is 0 Å². The molecule has 1 aromatic heterocycles. The van der Waals surface area contributed by atoms with Crippen LogP contribution in [-0.4, -0.2) is 24.5 Å². The van der Waals surface area contributed by atoms with Crippen LogP contribution in [0.5, 0.6) is 0 Å². The smallest absolute Gasteiger partial charge is 0.264 e. The van der Waals surface area contributed by atoms with Crippen LogP contribution in [0.2, 0.25) is 0 Å². The van der Waals surface area contributed by atoms with Crippen molar-refractivity contribution in [2.45, 2.75) is 11.8 Å². The SMILES string of the molecule is Cc1[nH]ncc1C(=O)Nc1ccc(S(=O)(=O)Cl)c(F)c1. The van der Waals surface area contributed by atoms with Crippen molar-refractivity contribution in [1.29, 1.82) is 0 Å². The van der Waals surface area contributed by atoms with Gasteiger partial charge in [0, 0.05) is 22.1 Å². The standard InChI is InChI=1S/C11H9ClFN3O3S/c1-6-8(5-14-16-6)11(17)15-7-2-3-10(9(13)4-7)20(12,18)19/h2-5H,1H3,(H,14,16)(H,15,17). The quantitative estimate of drug-likeness (QED) is 0.847. The number of aromatic amines is 1. The number of carbonyl (C=O) groups excluding carboxylic acids is 1. The Morgan fingerprint density at radius 2 is 2.15 bits per heavy atom. The molecule has 0 aliphatic carbocycles. The zero-order valence-electron chi connectivity index (χ0n) is 10.1. The van der Waals surface area contributed by atoms with Crippen LogP contribution in [0.1, 0.15) is 16.1 Å². The number of anilines is 1. The van der Waals surface area contributed by atoms with Crippen molar-refractivity contribution in [3.63, 3.8) is 0 Å². The molecule has 9 heteroatoms. The number of hydrogen-bond acceptors (Lipinski definition) is 4. The third kappa shape index (κ3) is 2.97. The number of amides is 1. The first-order valence-electron chi connectivity index (χ1n) is 5.34. The summed E-state index contributed by atoms with van der Waals surface area (Å²) >= 11 is 0. The lowest BCUT2D eigenvalue weighted by molar-refractivity contribution is 0.102. The van der Waals surface area contributed by atoms with Crippen molar-refractivity contribution < 1.29 is 17.6 Å². The summed E-state index contributed by atoms with van der Waals surface area (Å²) in [5.74, 6) is -1.53. The highest BCUT2D eigenvalue weighted by atomic mass is 35.7. The molecule has 2 rings (SSSR count). The predicted molar refractivity (Wildman–Crippen MR) is 70.7 cm³/mol. The van der Waals surface area contributed by atoms with Gasteiger partial charge in [-0.15, -0.1) is 0 Å². The fourth-order valence-corrected chi connectivity index (χ4v) is 2.45. The third-order valence-corrected chi connectivity index (χ3v) is 3.88. The van der Waals surface area contributed by atoms with E-state index in [1.807, 2.05) is 0 Å². The van der Waals surface area contributed by atoms with Crippen molar-refractivity contribution in [3.8, 4) is 0 Å². The van der Waals surface area contributed by atoms with Crippen molar-refractivity contribution in [2.24, 2.45) is 0 Å². The van der Waals surface area contributed by atoms with Gasteiger partial charge in [0.15, 0.2) is 0 Å². The lowest BCUT2D eigenvalue weighted by atomic mass is 10.2. The zero-order valence-corrected chi connectivity index (χ0v) is 11.7. The first-order chi connectivity index (χ1) is 9.29. The molecular formula is C11H9ClFN3O3S. The summed E-state index contributed by atoms with van der Waals surface area (Å²) in [6.07, 6.45) is 1.33. The van der Waals surface area contributed by atoms with E-state index in [1.165, 1.54) is 12.3 Å². The van der Waals surface area contributed by atoms with Crippen molar-refractivity contribution in [2.75, 3.05) is 5.32 Å². The number of aryl methyl sites for hydroxylation is 1. The number of rotatable bonds is 3. The Bertz CT molecular complexity index is 773. The van der Waals surface area contributed by atoms with Crippen LogP contribution >= 0.6 is 10.7 Å². The van der Waals surface area contributed by atoms with E-state index >= 15 is 0 Å². The molecule has 0 saturated carbocycles. The molecule has 106 valence electrons. The number of aromatic nitrogens is 2. The summed E-state index contributed by atoms with van der Waals surface area (Å²) < 4.78 is 35.7. The Hall–Kier alpha value is -1.93. The Kier molecular flexibility index (Phi) is 3.78. The van der Waals surface area contributed by atoms with Crippen LogP contribution in [0.3, 0.4) is 0 Å². The summed E-state index contributed by atoms with van der Waals surface area (Å²) in [5.41, 5.74) is 0.972. The summed E-state index contributed by atoms with van der Waals surface area (Å²) in [6, 6.07) is 3.10. The molecular weight excluding hydrogens is 309 g/mol. The fraction of sp³-hybridized carbons (Fsp3) is 0.0909. The number of nitrogens with one attached hydrogen (secondary N) is 2. The predicted octanol–water partition coefficient (Wildman–Crippen LogP) is 2.04. The van der Waals surface area contributed by atoms with E-state index in [0.717, 1.165) is 12.1 Å². The Morgan fingerprint density at radius 3 is 2.65 bits per heavy atom. The van der Waals surface area contributed by atoms with Gasteiger partial charge in [0.2, 0.25) is 0 Å². The van der Waals surface area contributed by atoms with Gasteiger partial charge < -0.3 is 5.32 Å². The highest BCUT2D eigenvalue weighted by Crippen LogP contribution is 2.22. The minimum Gasteiger partial charge on any atom is -0.322 e. The topological polar surface area (TPSA) is 91.9 Å². The highest BCUT2D eigenvalue weighted by molar-refractivity contribution is 8.13. The Balaban J connectivity index is 2.26. The number of halogens is 2. The summed E-state index contributed by atoms with van der Waals surface area (Å²) in [7, 11) is 0.897. The van der Waals surface area contributed by atoms with Crippen LogP contribution in [0.15, 0.2) is 29.3 Å².